The fourth-order valence-corrected chi connectivity index (χ4v) is 2.47. The normalized spacial score (nSPS) is 12.9. The Morgan fingerprint density at radius 2 is 2.15 bits per heavy atom. The van der Waals surface area contributed by atoms with E-state index < -0.39 is 0 Å². The van der Waals surface area contributed by atoms with Gasteiger partial charge in [-0.2, -0.15) is 0 Å². The van der Waals surface area contributed by atoms with Crippen LogP contribution in [-0.4, -0.2) is 25.6 Å². The average Bonchev–Trinajstić information content (AvgIpc) is 3.08. The van der Waals surface area contributed by atoms with Crippen LogP contribution >= 0.6 is 0 Å². The van der Waals surface area contributed by atoms with Crippen LogP contribution in [0, 0.1) is 0 Å². The molecule has 0 aliphatic rings. The molecule has 0 fully saturated rings. The minimum absolute atomic E-state index is 0.218. The van der Waals surface area contributed by atoms with Crippen molar-refractivity contribution in [3.63, 3.8) is 0 Å². The zero-order chi connectivity index (χ0) is 13.9. The second-order valence-electron chi connectivity index (χ2n) is 4.99. The average molecular weight is 269 g/mol. The van der Waals surface area contributed by atoms with E-state index in [0.29, 0.717) is 0 Å². The number of imidazole rings is 2. The quantitative estimate of drug-likeness (QED) is 0.772. The van der Waals surface area contributed by atoms with Gasteiger partial charge in [-0.1, -0.05) is 12.1 Å². The van der Waals surface area contributed by atoms with E-state index in [0.717, 1.165) is 24.4 Å². The maximum Gasteiger partial charge on any atom is 0.126 e. The number of aromatic nitrogens is 4. The summed E-state index contributed by atoms with van der Waals surface area (Å²) in [5.41, 5.74) is 2.22. The molecule has 1 N–H and O–H groups in total. The number of aryl methyl sites for hydroxylation is 1. The summed E-state index contributed by atoms with van der Waals surface area (Å²) in [6, 6.07) is 8.44. The van der Waals surface area contributed by atoms with Crippen LogP contribution in [0.5, 0.6) is 0 Å². The van der Waals surface area contributed by atoms with E-state index in [2.05, 4.69) is 45.5 Å². The molecule has 0 radical (unpaired) electrons. The van der Waals surface area contributed by atoms with Crippen LogP contribution in [0.1, 0.15) is 18.8 Å². The van der Waals surface area contributed by atoms with E-state index >= 15 is 0 Å². The summed E-state index contributed by atoms with van der Waals surface area (Å²) in [6.45, 7) is 3.95. The highest BCUT2D eigenvalue weighted by molar-refractivity contribution is 5.75. The Balaban J connectivity index is 1.69. The maximum absolute atomic E-state index is 4.71. The predicted octanol–water partition coefficient (Wildman–Crippen LogP) is 2.12. The predicted molar refractivity (Wildman–Crippen MR) is 79.4 cm³/mol. The lowest BCUT2D eigenvalue weighted by atomic mass is 10.3. The molecule has 1 unspecified atom stereocenters. The third-order valence-electron chi connectivity index (χ3n) is 3.59. The molecule has 0 saturated carbocycles. The van der Waals surface area contributed by atoms with Gasteiger partial charge < -0.3 is 14.5 Å². The summed E-state index contributed by atoms with van der Waals surface area (Å²) < 4.78 is 4.22. The fraction of sp³-hybridized carbons (Fsp3) is 0.333. The molecule has 20 heavy (non-hydrogen) atoms. The van der Waals surface area contributed by atoms with Crippen molar-refractivity contribution in [2.45, 2.75) is 19.5 Å². The monoisotopic (exact) mass is 269 g/mol. The lowest BCUT2D eigenvalue weighted by Gasteiger charge is -2.14. The van der Waals surface area contributed by atoms with Gasteiger partial charge in [-0.05, 0) is 19.1 Å². The smallest absolute Gasteiger partial charge is 0.126 e. The lowest BCUT2D eigenvalue weighted by Crippen LogP contribution is -2.25. The lowest BCUT2D eigenvalue weighted by molar-refractivity contribution is 0.504. The molecule has 1 aromatic carbocycles. The van der Waals surface area contributed by atoms with E-state index in [-0.39, 0.29) is 6.04 Å². The van der Waals surface area contributed by atoms with Gasteiger partial charge in [0.25, 0.3) is 0 Å². The number of nitrogens with one attached hydrogen (secondary N) is 1. The number of nitrogens with zero attached hydrogens (tertiary/aromatic N) is 4. The van der Waals surface area contributed by atoms with Gasteiger partial charge >= 0.3 is 0 Å². The van der Waals surface area contributed by atoms with Crippen molar-refractivity contribution >= 4 is 11.0 Å². The van der Waals surface area contributed by atoms with E-state index in [1.165, 1.54) is 5.52 Å². The molecule has 0 amide bonds. The molecule has 2 aromatic heterocycles. The van der Waals surface area contributed by atoms with E-state index in [1.807, 2.05) is 24.7 Å². The van der Waals surface area contributed by atoms with Gasteiger partial charge in [-0.3, -0.25) is 0 Å². The van der Waals surface area contributed by atoms with Gasteiger partial charge in [0.1, 0.15) is 5.82 Å². The van der Waals surface area contributed by atoms with E-state index in [9.17, 15) is 0 Å². The molecule has 0 aliphatic heterocycles. The van der Waals surface area contributed by atoms with Crippen LogP contribution in [0.25, 0.3) is 11.0 Å². The van der Waals surface area contributed by atoms with E-state index in [4.69, 9.17) is 4.98 Å². The van der Waals surface area contributed by atoms with Gasteiger partial charge in [0.15, 0.2) is 0 Å². The molecule has 1 atom stereocenters. The first-order valence-electron chi connectivity index (χ1n) is 6.86. The second kappa shape index (κ2) is 5.46. The highest BCUT2D eigenvalue weighted by atomic mass is 15.1. The molecular formula is C15H19N5. The Kier molecular flexibility index (Phi) is 3.52. The second-order valence-corrected chi connectivity index (χ2v) is 4.99. The number of hydrogen-bond donors (Lipinski definition) is 1. The Labute approximate surface area is 118 Å². The first-order valence-corrected chi connectivity index (χ1v) is 6.86. The molecule has 5 nitrogen and oxygen atoms in total. The number of fused-ring (bicyclic) bond motifs is 1. The van der Waals surface area contributed by atoms with Gasteiger partial charge in [0.05, 0.1) is 23.4 Å². The van der Waals surface area contributed by atoms with Crippen LogP contribution in [-0.2, 0) is 13.6 Å². The van der Waals surface area contributed by atoms with Gasteiger partial charge in [0, 0.05) is 32.5 Å². The molecule has 0 spiro atoms. The Morgan fingerprint density at radius 3 is 2.90 bits per heavy atom. The van der Waals surface area contributed by atoms with Crippen LogP contribution in [0.3, 0.4) is 0 Å². The van der Waals surface area contributed by atoms with E-state index in [1.54, 1.807) is 6.20 Å². The van der Waals surface area contributed by atoms with Crippen LogP contribution < -0.4 is 5.32 Å². The first-order chi connectivity index (χ1) is 9.75. The summed E-state index contributed by atoms with van der Waals surface area (Å²) in [4.78, 5) is 8.75. The number of benzene rings is 1. The highest BCUT2D eigenvalue weighted by Gasteiger charge is 2.13. The fourth-order valence-electron chi connectivity index (χ4n) is 2.47. The van der Waals surface area contributed by atoms with Crippen molar-refractivity contribution in [1.82, 2.24) is 24.4 Å². The maximum atomic E-state index is 4.71. The molecule has 0 saturated heterocycles. The molecule has 2 heterocycles. The standard InChI is InChI=1S/C15H19N5/c1-12(17-8-10-20-9-7-16-11-20)15-18-13-5-3-4-6-14(13)19(15)2/h3-7,9,11-12,17H,8,10H2,1-2H3. The molecule has 5 heteroatoms. The van der Waals surface area contributed by atoms with Crippen molar-refractivity contribution in [3.05, 3.63) is 48.8 Å². The summed E-state index contributed by atoms with van der Waals surface area (Å²) in [6.07, 6.45) is 5.61. The van der Waals surface area contributed by atoms with Crippen molar-refractivity contribution < 1.29 is 0 Å². The Hall–Kier alpha value is -2.14. The van der Waals surface area contributed by atoms with Crippen molar-refractivity contribution in [3.8, 4) is 0 Å². The third kappa shape index (κ3) is 2.44. The SMILES string of the molecule is CC(NCCn1ccnc1)c1nc2ccccc2n1C. The van der Waals surface area contributed by atoms with Crippen LogP contribution in [0.4, 0.5) is 0 Å². The van der Waals surface area contributed by atoms with Crippen molar-refractivity contribution in [2.24, 2.45) is 7.05 Å². The molecule has 3 aromatic rings. The van der Waals surface area contributed by atoms with Crippen LogP contribution in [0.15, 0.2) is 43.0 Å². The number of hydrogen-bond acceptors (Lipinski definition) is 3. The zero-order valence-corrected chi connectivity index (χ0v) is 11.8. The van der Waals surface area contributed by atoms with Gasteiger partial charge in [0.2, 0.25) is 0 Å². The number of rotatable bonds is 5. The summed E-state index contributed by atoms with van der Waals surface area (Å²) in [5.74, 6) is 1.07. The Morgan fingerprint density at radius 1 is 1.30 bits per heavy atom. The summed E-state index contributed by atoms with van der Waals surface area (Å²) >= 11 is 0. The molecule has 0 aliphatic carbocycles. The van der Waals surface area contributed by atoms with Crippen molar-refractivity contribution in [1.29, 1.82) is 0 Å². The first kappa shape index (κ1) is 12.9. The van der Waals surface area contributed by atoms with Gasteiger partial charge in [-0.15, -0.1) is 0 Å². The summed E-state index contributed by atoms with van der Waals surface area (Å²) in [5, 5.41) is 3.51. The largest absolute Gasteiger partial charge is 0.336 e. The topological polar surface area (TPSA) is 47.7 Å². The number of para-hydroxylation sites is 2. The highest BCUT2D eigenvalue weighted by Crippen LogP contribution is 2.18. The Bertz CT molecular complexity index is 683. The molecule has 104 valence electrons. The van der Waals surface area contributed by atoms with Gasteiger partial charge in [-0.25, -0.2) is 9.97 Å². The van der Waals surface area contributed by atoms with Crippen molar-refractivity contribution in [2.75, 3.05) is 6.54 Å². The minimum atomic E-state index is 0.218. The summed E-state index contributed by atoms with van der Waals surface area (Å²) in [7, 11) is 2.07. The molecule has 3 rings (SSSR count). The minimum Gasteiger partial charge on any atom is -0.336 e. The third-order valence-corrected chi connectivity index (χ3v) is 3.59. The molecule has 0 bridgehead atoms. The molecular weight excluding hydrogens is 250 g/mol. The zero-order valence-electron chi connectivity index (χ0n) is 11.8. The van der Waals surface area contributed by atoms with Crippen LogP contribution in [0.2, 0.25) is 0 Å².